The Morgan fingerprint density at radius 2 is 2.00 bits per heavy atom. The van der Waals surface area contributed by atoms with Crippen LogP contribution >= 0.6 is 23.1 Å². The normalized spacial score (nSPS) is 13.0. The predicted octanol–water partition coefficient (Wildman–Crippen LogP) is 3.69. The van der Waals surface area contributed by atoms with Crippen molar-refractivity contribution in [1.29, 1.82) is 0 Å². The van der Waals surface area contributed by atoms with Gasteiger partial charge in [-0.15, -0.1) is 23.1 Å². The third-order valence-electron chi connectivity index (χ3n) is 5.72. The summed E-state index contributed by atoms with van der Waals surface area (Å²) in [7, 11) is 1.34. The number of aromatic amines is 1. The number of amides is 1. The Bertz CT molecular complexity index is 1190. The van der Waals surface area contributed by atoms with E-state index in [0.29, 0.717) is 24.7 Å². The number of benzene rings is 1. The lowest BCUT2D eigenvalue weighted by molar-refractivity contribution is -0.141. The van der Waals surface area contributed by atoms with E-state index >= 15 is 0 Å². The van der Waals surface area contributed by atoms with Gasteiger partial charge in [0.15, 0.2) is 0 Å². The first-order valence-electron chi connectivity index (χ1n) is 11.0. The van der Waals surface area contributed by atoms with E-state index in [9.17, 15) is 14.4 Å². The van der Waals surface area contributed by atoms with Crippen molar-refractivity contribution in [1.82, 2.24) is 14.9 Å². The summed E-state index contributed by atoms with van der Waals surface area (Å²) in [5.74, 6) is 0.852. The number of carbonyl (C=O) groups excluding carboxylic acids is 2. The van der Waals surface area contributed by atoms with Gasteiger partial charge in [0.05, 0.1) is 30.4 Å². The molecule has 7 nitrogen and oxygen atoms in total. The Labute approximate surface area is 200 Å². The summed E-state index contributed by atoms with van der Waals surface area (Å²) in [4.78, 5) is 48.6. The number of hydrogen-bond donors (Lipinski definition) is 1. The van der Waals surface area contributed by atoms with E-state index in [4.69, 9.17) is 4.74 Å². The highest BCUT2D eigenvalue weighted by Crippen LogP contribution is 2.33. The maximum absolute atomic E-state index is 12.9. The molecular formula is C24H27N3O4S2. The molecule has 1 aromatic carbocycles. The van der Waals surface area contributed by atoms with Crippen molar-refractivity contribution in [2.45, 2.75) is 44.4 Å². The molecule has 0 fully saturated rings. The first-order chi connectivity index (χ1) is 16.0. The highest BCUT2D eigenvalue weighted by atomic mass is 32.2. The quantitative estimate of drug-likeness (QED) is 0.465. The number of carbonyl (C=O) groups is 2. The van der Waals surface area contributed by atoms with Gasteiger partial charge < -0.3 is 14.6 Å². The van der Waals surface area contributed by atoms with Crippen molar-refractivity contribution in [3.63, 3.8) is 0 Å². The number of esters is 1. The number of thiophene rings is 1. The minimum Gasteiger partial charge on any atom is -0.469 e. The van der Waals surface area contributed by atoms with Crippen molar-refractivity contribution in [2.24, 2.45) is 0 Å². The lowest BCUT2D eigenvalue weighted by Crippen LogP contribution is -2.34. The molecule has 0 saturated carbocycles. The lowest BCUT2D eigenvalue weighted by atomic mass is 9.97. The van der Waals surface area contributed by atoms with Crippen molar-refractivity contribution in [3.8, 4) is 0 Å². The summed E-state index contributed by atoms with van der Waals surface area (Å²) in [5, 5.41) is 0.747. The second kappa shape index (κ2) is 11.0. The van der Waals surface area contributed by atoms with Gasteiger partial charge in [-0.2, -0.15) is 0 Å². The summed E-state index contributed by atoms with van der Waals surface area (Å²) in [6, 6.07) is 9.68. The van der Waals surface area contributed by atoms with Crippen molar-refractivity contribution in [2.75, 3.05) is 19.4 Å². The zero-order chi connectivity index (χ0) is 23.2. The fourth-order valence-electron chi connectivity index (χ4n) is 4.03. The number of nitrogens with zero attached hydrogens (tertiary/aromatic N) is 2. The first-order valence-corrected chi connectivity index (χ1v) is 13.0. The summed E-state index contributed by atoms with van der Waals surface area (Å²) >= 11 is 3.04. The summed E-state index contributed by atoms with van der Waals surface area (Å²) < 4.78 is 4.72. The average molecular weight is 486 g/mol. The smallest absolute Gasteiger partial charge is 0.307 e. The van der Waals surface area contributed by atoms with Gasteiger partial charge in [-0.1, -0.05) is 30.3 Å². The molecule has 9 heteroatoms. The minimum absolute atomic E-state index is 0.0669. The van der Waals surface area contributed by atoms with Gasteiger partial charge in [0.2, 0.25) is 5.91 Å². The lowest BCUT2D eigenvalue weighted by Gasteiger charge is -2.22. The summed E-state index contributed by atoms with van der Waals surface area (Å²) in [6.07, 6.45) is 4.41. The summed E-state index contributed by atoms with van der Waals surface area (Å²) in [5.41, 5.74) is 2.09. The molecule has 1 amide bonds. The van der Waals surface area contributed by atoms with Crippen LogP contribution in [0.4, 0.5) is 0 Å². The maximum atomic E-state index is 12.9. The third-order valence-corrected chi connectivity index (χ3v) is 7.84. The molecule has 0 unspecified atom stereocenters. The van der Waals surface area contributed by atoms with Crippen LogP contribution in [0.15, 0.2) is 35.1 Å². The molecular weight excluding hydrogens is 458 g/mol. The highest BCUT2D eigenvalue weighted by molar-refractivity contribution is 7.99. The summed E-state index contributed by atoms with van der Waals surface area (Å²) in [6.45, 7) is 0.724. The van der Waals surface area contributed by atoms with Crippen molar-refractivity contribution in [3.05, 3.63) is 62.5 Å². The monoisotopic (exact) mass is 485 g/mol. The van der Waals surface area contributed by atoms with E-state index in [0.717, 1.165) is 41.5 Å². The second-order valence-electron chi connectivity index (χ2n) is 8.02. The van der Waals surface area contributed by atoms with Crippen LogP contribution in [0, 0.1) is 0 Å². The fourth-order valence-corrected chi connectivity index (χ4v) is 6.10. The van der Waals surface area contributed by atoms with Crippen LogP contribution in [-0.4, -0.2) is 46.2 Å². The minimum atomic E-state index is -0.345. The van der Waals surface area contributed by atoms with Crippen LogP contribution in [0.3, 0.4) is 0 Å². The number of fused-ring (bicyclic) bond motifs is 3. The first kappa shape index (κ1) is 23.5. The van der Waals surface area contributed by atoms with Gasteiger partial charge in [-0.05, 0) is 36.8 Å². The number of thioether (sulfide) groups is 1. The molecule has 33 heavy (non-hydrogen) atoms. The van der Waals surface area contributed by atoms with Gasteiger partial charge in [-0.25, -0.2) is 4.98 Å². The number of rotatable bonds is 9. The highest BCUT2D eigenvalue weighted by Gasteiger charge is 2.20. The van der Waals surface area contributed by atoms with Gasteiger partial charge in [0.25, 0.3) is 5.56 Å². The molecule has 0 saturated heterocycles. The van der Waals surface area contributed by atoms with Crippen LogP contribution in [-0.2, 0) is 39.5 Å². The Morgan fingerprint density at radius 3 is 2.79 bits per heavy atom. The van der Waals surface area contributed by atoms with Gasteiger partial charge >= 0.3 is 5.97 Å². The molecule has 0 bridgehead atoms. The molecule has 0 radical (unpaired) electrons. The van der Waals surface area contributed by atoms with E-state index in [2.05, 4.69) is 9.97 Å². The van der Waals surface area contributed by atoms with Crippen LogP contribution in [0.25, 0.3) is 10.2 Å². The molecule has 1 N–H and O–H groups in total. The Hall–Kier alpha value is -2.65. The van der Waals surface area contributed by atoms with Crippen molar-refractivity contribution < 1.29 is 14.3 Å². The topological polar surface area (TPSA) is 92.4 Å². The number of H-pyrrole nitrogens is 1. The molecule has 0 atom stereocenters. The molecule has 0 aliphatic heterocycles. The number of aromatic nitrogens is 2. The fraction of sp³-hybridized carbons (Fsp3) is 0.417. The van der Waals surface area contributed by atoms with Gasteiger partial charge in [0, 0.05) is 18.0 Å². The number of ether oxygens (including phenoxy) is 1. The van der Waals surface area contributed by atoms with E-state index in [-0.39, 0.29) is 29.6 Å². The van der Waals surface area contributed by atoms with E-state index in [1.165, 1.54) is 29.3 Å². The van der Waals surface area contributed by atoms with Gasteiger partial charge in [0.1, 0.15) is 10.7 Å². The molecule has 1 aliphatic rings. The number of nitrogens with one attached hydrogen (secondary N) is 1. The molecule has 2 heterocycles. The maximum Gasteiger partial charge on any atom is 0.307 e. The number of hydrogen-bond acceptors (Lipinski definition) is 7. The van der Waals surface area contributed by atoms with Crippen LogP contribution in [0.2, 0.25) is 0 Å². The molecule has 1 aliphatic carbocycles. The predicted molar refractivity (Wildman–Crippen MR) is 132 cm³/mol. The third kappa shape index (κ3) is 5.83. The molecule has 174 valence electrons. The van der Waals surface area contributed by atoms with E-state index < -0.39 is 0 Å². The zero-order valence-corrected chi connectivity index (χ0v) is 20.2. The Kier molecular flexibility index (Phi) is 7.82. The van der Waals surface area contributed by atoms with Crippen molar-refractivity contribution >= 4 is 45.2 Å². The van der Waals surface area contributed by atoms with E-state index in [1.807, 2.05) is 30.3 Å². The van der Waals surface area contributed by atoms with Gasteiger partial charge in [-0.3, -0.25) is 14.4 Å². The zero-order valence-electron chi connectivity index (χ0n) is 18.6. The molecule has 3 aromatic rings. The van der Waals surface area contributed by atoms with Crippen LogP contribution in [0.5, 0.6) is 0 Å². The average Bonchev–Trinajstić information content (AvgIpc) is 3.21. The van der Waals surface area contributed by atoms with Crippen LogP contribution in [0.1, 0.15) is 41.1 Å². The van der Waals surface area contributed by atoms with Crippen LogP contribution < -0.4 is 5.56 Å². The van der Waals surface area contributed by atoms with E-state index in [1.54, 1.807) is 16.2 Å². The standard InChI is InChI=1S/C24H27N3O4S2/c1-31-21(29)11-12-27(13-16-7-3-2-4-8-16)20(28)15-32-14-19-25-23(30)22-17-9-5-6-10-18(17)33-24(22)26-19/h2-4,7-8H,5-6,9-15H2,1H3,(H,25,26,30). The molecule has 0 spiro atoms. The molecule has 2 aromatic heterocycles. The SMILES string of the molecule is COC(=O)CCN(Cc1ccccc1)C(=O)CSCc1nc2sc3c(c2c(=O)[nH]1)CCCC3. The molecule has 4 rings (SSSR count). The number of aryl methyl sites for hydroxylation is 2. The Morgan fingerprint density at radius 1 is 1.21 bits per heavy atom. The Balaban J connectivity index is 1.40. The second-order valence-corrected chi connectivity index (χ2v) is 10.1. The largest absolute Gasteiger partial charge is 0.469 e. The number of methoxy groups -OCH3 is 1.